The Morgan fingerprint density at radius 2 is 2.04 bits per heavy atom. The van der Waals surface area contributed by atoms with Crippen LogP contribution in [0.5, 0.6) is 5.75 Å². The number of carbonyl (C=O) groups is 2. The van der Waals surface area contributed by atoms with Crippen molar-refractivity contribution in [1.29, 1.82) is 0 Å². The molecule has 1 heterocycles. The summed E-state index contributed by atoms with van der Waals surface area (Å²) in [5.41, 5.74) is 1.03. The van der Waals surface area contributed by atoms with Gasteiger partial charge in [0, 0.05) is 20.6 Å². The van der Waals surface area contributed by atoms with Gasteiger partial charge in [0.2, 0.25) is 5.91 Å². The maximum atomic E-state index is 12.0. The van der Waals surface area contributed by atoms with Crippen molar-refractivity contribution in [1.82, 2.24) is 25.2 Å². The van der Waals surface area contributed by atoms with E-state index in [9.17, 15) is 9.59 Å². The molecule has 0 saturated carbocycles. The van der Waals surface area contributed by atoms with Gasteiger partial charge in [-0.15, -0.1) is 5.10 Å². The van der Waals surface area contributed by atoms with Gasteiger partial charge in [-0.1, -0.05) is 23.4 Å². The molecule has 2 N–H and O–H groups in total. The molecule has 0 unspecified atom stereocenters. The number of ether oxygens (including phenoxy) is 1. The summed E-state index contributed by atoms with van der Waals surface area (Å²) in [6, 6.07) is 7.36. The molecule has 2 aromatic rings. The Balaban J connectivity index is 1.79. The van der Waals surface area contributed by atoms with Crippen LogP contribution in [0.15, 0.2) is 30.5 Å². The number of nitrogens with zero attached hydrogens (tertiary/aromatic N) is 4. The molecule has 0 bridgehead atoms. The zero-order valence-electron chi connectivity index (χ0n) is 14.5. The Morgan fingerprint density at radius 3 is 2.76 bits per heavy atom. The van der Waals surface area contributed by atoms with Crippen LogP contribution >= 0.6 is 0 Å². The number of amides is 3. The van der Waals surface area contributed by atoms with Crippen LogP contribution < -0.4 is 15.4 Å². The molecule has 1 aromatic heterocycles. The summed E-state index contributed by atoms with van der Waals surface area (Å²) < 4.78 is 6.64. The molecule has 25 heavy (non-hydrogen) atoms. The Morgan fingerprint density at radius 1 is 1.28 bits per heavy atom. The van der Waals surface area contributed by atoms with E-state index in [2.05, 4.69) is 20.9 Å². The number of carbonyl (C=O) groups excluding carboxylic acids is 2. The molecular formula is C16H22N6O3. The van der Waals surface area contributed by atoms with Gasteiger partial charge in [0.1, 0.15) is 12.3 Å². The fraction of sp³-hybridized carbons (Fsp3) is 0.375. The highest BCUT2D eigenvalue weighted by Gasteiger charge is 2.10. The van der Waals surface area contributed by atoms with Crippen molar-refractivity contribution in [3.05, 3.63) is 36.0 Å². The lowest BCUT2D eigenvalue weighted by molar-refractivity contribution is -0.121. The summed E-state index contributed by atoms with van der Waals surface area (Å²) in [5, 5.41) is 13.0. The lowest BCUT2D eigenvalue weighted by Gasteiger charge is -2.09. The van der Waals surface area contributed by atoms with Crippen LogP contribution in [0.25, 0.3) is 0 Å². The number of rotatable bonds is 7. The topological polar surface area (TPSA) is 101 Å². The van der Waals surface area contributed by atoms with Gasteiger partial charge in [-0.05, 0) is 18.1 Å². The fourth-order valence-corrected chi connectivity index (χ4v) is 2.10. The lowest BCUT2D eigenvalue weighted by atomic mass is 10.1. The van der Waals surface area contributed by atoms with Crippen molar-refractivity contribution in [2.24, 2.45) is 0 Å². The van der Waals surface area contributed by atoms with Crippen LogP contribution in [0.1, 0.15) is 5.56 Å². The molecule has 0 saturated heterocycles. The molecule has 9 nitrogen and oxygen atoms in total. The molecule has 0 aliphatic rings. The van der Waals surface area contributed by atoms with Crippen LogP contribution in [0.4, 0.5) is 10.6 Å². The Kier molecular flexibility index (Phi) is 6.33. The first-order valence-corrected chi connectivity index (χ1v) is 7.76. The van der Waals surface area contributed by atoms with Crippen molar-refractivity contribution in [3.63, 3.8) is 0 Å². The second-order valence-electron chi connectivity index (χ2n) is 5.54. The van der Waals surface area contributed by atoms with E-state index < -0.39 is 0 Å². The minimum atomic E-state index is -0.312. The summed E-state index contributed by atoms with van der Waals surface area (Å²) in [7, 11) is 4.86. The van der Waals surface area contributed by atoms with E-state index in [0.717, 1.165) is 11.3 Å². The number of nitrogens with one attached hydrogen (secondary N) is 2. The zero-order chi connectivity index (χ0) is 18.2. The van der Waals surface area contributed by atoms with E-state index in [0.29, 0.717) is 18.8 Å². The van der Waals surface area contributed by atoms with Gasteiger partial charge < -0.3 is 15.0 Å². The average Bonchev–Trinajstić information content (AvgIpc) is 3.02. The highest BCUT2D eigenvalue weighted by molar-refractivity contribution is 5.87. The van der Waals surface area contributed by atoms with Crippen molar-refractivity contribution >= 4 is 17.8 Å². The predicted molar refractivity (Wildman–Crippen MR) is 92.4 cm³/mol. The lowest BCUT2D eigenvalue weighted by Crippen LogP contribution is -2.29. The number of aromatic nitrogens is 3. The molecule has 0 fully saturated rings. The van der Waals surface area contributed by atoms with E-state index in [1.807, 2.05) is 24.3 Å². The third-order valence-electron chi connectivity index (χ3n) is 3.39. The highest BCUT2D eigenvalue weighted by Crippen LogP contribution is 2.17. The summed E-state index contributed by atoms with van der Waals surface area (Å²) in [6.07, 6.45) is 2.17. The average molecular weight is 346 g/mol. The Hall–Kier alpha value is -3.10. The number of hydrogen-bond acceptors (Lipinski definition) is 5. The number of urea groups is 1. The number of methoxy groups -OCH3 is 1. The highest BCUT2D eigenvalue weighted by atomic mass is 16.5. The van der Waals surface area contributed by atoms with E-state index in [4.69, 9.17) is 4.74 Å². The van der Waals surface area contributed by atoms with E-state index in [-0.39, 0.29) is 18.5 Å². The molecule has 9 heteroatoms. The number of para-hydroxylation sites is 1. The third-order valence-corrected chi connectivity index (χ3v) is 3.39. The smallest absolute Gasteiger partial charge is 0.322 e. The summed E-state index contributed by atoms with van der Waals surface area (Å²) in [4.78, 5) is 24.9. The number of benzene rings is 1. The van der Waals surface area contributed by atoms with Gasteiger partial charge in [0.15, 0.2) is 5.82 Å². The van der Waals surface area contributed by atoms with Gasteiger partial charge >= 0.3 is 6.03 Å². The van der Waals surface area contributed by atoms with E-state index >= 15 is 0 Å². The first kappa shape index (κ1) is 18.2. The minimum Gasteiger partial charge on any atom is -0.496 e. The van der Waals surface area contributed by atoms with Gasteiger partial charge in [-0.2, -0.15) is 0 Å². The predicted octanol–water partition coefficient (Wildman–Crippen LogP) is 0.739. The fourth-order valence-electron chi connectivity index (χ4n) is 2.10. The van der Waals surface area contributed by atoms with E-state index in [1.54, 1.807) is 21.2 Å². The molecule has 0 aliphatic heterocycles. The molecule has 3 amide bonds. The van der Waals surface area contributed by atoms with Crippen LogP contribution in [-0.2, 0) is 17.8 Å². The van der Waals surface area contributed by atoms with Crippen molar-refractivity contribution in [2.45, 2.75) is 13.0 Å². The normalized spacial score (nSPS) is 10.2. The second-order valence-corrected chi connectivity index (χ2v) is 5.54. The molecule has 0 spiro atoms. The molecule has 0 atom stereocenters. The maximum Gasteiger partial charge on any atom is 0.322 e. The largest absolute Gasteiger partial charge is 0.496 e. The van der Waals surface area contributed by atoms with Gasteiger partial charge in [0.25, 0.3) is 0 Å². The van der Waals surface area contributed by atoms with Crippen molar-refractivity contribution in [3.8, 4) is 5.75 Å². The van der Waals surface area contributed by atoms with Crippen LogP contribution in [0, 0.1) is 0 Å². The first-order valence-electron chi connectivity index (χ1n) is 7.76. The SMILES string of the molecule is COc1ccccc1CCNC(=O)Cn1cc(NC(=O)N(C)C)nn1. The summed E-state index contributed by atoms with van der Waals surface area (Å²) >= 11 is 0. The molecule has 1 aromatic carbocycles. The zero-order valence-corrected chi connectivity index (χ0v) is 14.5. The Bertz CT molecular complexity index is 728. The van der Waals surface area contributed by atoms with Crippen LogP contribution in [-0.4, -0.2) is 59.6 Å². The molecule has 2 rings (SSSR count). The molecule has 0 aliphatic carbocycles. The second kappa shape index (κ2) is 8.67. The Labute approximate surface area is 145 Å². The molecule has 0 radical (unpaired) electrons. The third kappa shape index (κ3) is 5.48. The van der Waals surface area contributed by atoms with E-state index in [1.165, 1.54) is 15.8 Å². The van der Waals surface area contributed by atoms with Gasteiger partial charge in [0.05, 0.1) is 13.3 Å². The van der Waals surface area contributed by atoms with Crippen molar-refractivity contribution in [2.75, 3.05) is 33.1 Å². The summed E-state index contributed by atoms with van der Waals surface area (Å²) in [5.74, 6) is 0.903. The summed E-state index contributed by atoms with van der Waals surface area (Å²) in [6.45, 7) is 0.509. The quantitative estimate of drug-likeness (QED) is 0.770. The maximum absolute atomic E-state index is 12.0. The van der Waals surface area contributed by atoms with Crippen LogP contribution in [0.3, 0.4) is 0 Å². The minimum absolute atomic E-state index is 0.0246. The van der Waals surface area contributed by atoms with Crippen LogP contribution in [0.2, 0.25) is 0 Å². The molecular weight excluding hydrogens is 324 g/mol. The first-order chi connectivity index (χ1) is 12.0. The monoisotopic (exact) mass is 346 g/mol. The standard InChI is InChI=1S/C16H22N6O3/c1-21(2)16(24)18-14-10-22(20-19-14)11-15(23)17-9-8-12-6-4-5-7-13(12)25-3/h4-7,10H,8-9,11H2,1-3H3,(H,17,23)(H,18,24). The number of anilines is 1. The number of hydrogen-bond donors (Lipinski definition) is 2. The molecule has 134 valence electrons. The van der Waals surface area contributed by atoms with Gasteiger partial charge in [-0.3, -0.25) is 10.1 Å². The van der Waals surface area contributed by atoms with Gasteiger partial charge in [-0.25, -0.2) is 9.48 Å². The van der Waals surface area contributed by atoms with Crippen molar-refractivity contribution < 1.29 is 14.3 Å².